The number of esters is 1. The molecule has 10 heteroatoms. The number of amides is 3. The number of ether oxygens (including phenoxy) is 2. The molecule has 1 aliphatic rings. The summed E-state index contributed by atoms with van der Waals surface area (Å²) in [6, 6.07) is 14.6. The molecule has 4 rings (SSSR count). The molecule has 10 nitrogen and oxygen atoms in total. The third-order valence-corrected chi connectivity index (χ3v) is 6.94. The Morgan fingerprint density at radius 3 is 2.30 bits per heavy atom. The van der Waals surface area contributed by atoms with Crippen LogP contribution < -0.4 is 5.32 Å². The Hall–Kier alpha value is -4.31. The number of hydrogen-bond donors (Lipinski definition) is 1. The summed E-state index contributed by atoms with van der Waals surface area (Å²) < 4.78 is 10.3. The molecule has 0 saturated carbocycles. The van der Waals surface area contributed by atoms with E-state index in [9.17, 15) is 14.4 Å². The summed E-state index contributed by atoms with van der Waals surface area (Å²) in [5.74, 6) is -0.755. The van der Waals surface area contributed by atoms with Crippen molar-refractivity contribution in [2.24, 2.45) is 0 Å². The third-order valence-electron chi connectivity index (χ3n) is 6.94. The Morgan fingerprint density at radius 1 is 0.950 bits per heavy atom. The molecule has 2 heterocycles. The van der Waals surface area contributed by atoms with E-state index in [1.54, 1.807) is 16.7 Å². The summed E-state index contributed by atoms with van der Waals surface area (Å²) in [5.41, 5.74) is 3.83. The van der Waals surface area contributed by atoms with Gasteiger partial charge in [0.2, 0.25) is 0 Å². The molecule has 40 heavy (non-hydrogen) atoms. The number of nitrogens with one attached hydrogen (secondary N) is 1. The van der Waals surface area contributed by atoms with Gasteiger partial charge >= 0.3 is 12.0 Å². The second kappa shape index (κ2) is 12.7. The SMILES string of the molecule is COCCOC(=O)c1c(C)nc(-c2ccccc2)nc1C(=O)N1CCN(C(=O)Nc2c(C)cccc2C)C(C)C1. The van der Waals surface area contributed by atoms with E-state index in [-0.39, 0.29) is 49.6 Å². The molecule has 210 valence electrons. The number of nitrogens with zero attached hydrogens (tertiary/aromatic N) is 4. The molecule has 1 aliphatic heterocycles. The number of benzene rings is 2. The van der Waals surface area contributed by atoms with Crippen LogP contribution in [-0.4, -0.2) is 83.7 Å². The number of aryl methyl sites for hydroxylation is 3. The molecule has 1 saturated heterocycles. The molecule has 3 aromatic rings. The molecule has 1 aromatic heterocycles. The second-order valence-corrected chi connectivity index (χ2v) is 9.84. The zero-order valence-electron chi connectivity index (χ0n) is 23.6. The summed E-state index contributed by atoms with van der Waals surface area (Å²) >= 11 is 0. The maximum Gasteiger partial charge on any atom is 0.342 e. The molecule has 2 aromatic carbocycles. The fourth-order valence-electron chi connectivity index (χ4n) is 4.76. The quantitative estimate of drug-likeness (QED) is 0.349. The molecule has 3 amide bonds. The van der Waals surface area contributed by atoms with Gasteiger partial charge in [0, 0.05) is 44.0 Å². The average Bonchev–Trinajstić information content (AvgIpc) is 2.94. The lowest BCUT2D eigenvalue weighted by Gasteiger charge is -2.40. The smallest absolute Gasteiger partial charge is 0.342 e. The van der Waals surface area contributed by atoms with Gasteiger partial charge < -0.3 is 24.6 Å². The fourth-order valence-corrected chi connectivity index (χ4v) is 4.76. The predicted molar refractivity (Wildman–Crippen MR) is 151 cm³/mol. The Morgan fingerprint density at radius 2 is 1.65 bits per heavy atom. The number of aromatic nitrogens is 2. The maximum absolute atomic E-state index is 13.9. The van der Waals surface area contributed by atoms with Crippen LogP contribution >= 0.6 is 0 Å². The highest BCUT2D eigenvalue weighted by Gasteiger charge is 2.34. The first kappa shape index (κ1) is 28.7. The number of piperazine rings is 1. The second-order valence-electron chi connectivity index (χ2n) is 9.84. The number of para-hydroxylation sites is 1. The molecule has 0 bridgehead atoms. The zero-order chi connectivity index (χ0) is 28.8. The van der Waals surface area contributed by atoms with E-state index < -0.39 is 11.9 Å². The van der Waals surface area contributed by atoms with Crippen LogP contribution in [0.25, 0.3) is 11.4 Å². The minimum absolute atomic E-state index is 0.0191. The van der Waals surface area contributed by atoms with Crippen molar-refractivity contribution in [1.29, 1.82) is 0 Å². The third kappa shape index (κ3) is 6.28. The van der Waals surface area contributed by atoms with Crippen LogP contribution in [0, 0.1) is 20.8 Å². The normalized spacial score (nSPS) is 15.1. The van der Waals surface area contributed by atoms with Crippen LogP contribution in [0.4, 0.5) is 10.5 Å². The summed E-state index contributed by atoms with van der Waals surface area (Å²) in [4.78, 5) is 52.5. The number of carbonyl (C=O) groups excluding carboxylic acids is 3. The largest absolute Gasteiger partial charge is 0.460 e. The van der Waals surface area contributed by atoms with Gasteiger partial charge in [0.15, 0.2) is 5.82 Å². The van der Waals surface area contributed by atoms with E-state index in [1.165, 1.54) is 7.11 Å². The first-order valence-electron chi connectivity index (χ1n) is 13.2. The minimum atomic E-state index is -0.683. The van der Waals surface area contributed by atoms with Crippen LogP contribution in [0.15, 0.2) is 48.5 Å². The molecule has 0 aliphatic carbocycles. The van der Waals surface area contributed by atoms with Gasteiger partial charge in [0.05, 0.1) is 12.3 Å². The van der Waals surface area contributed by atoms with Crippen LogP contribution in [0.5, 0.6) is 0 Å². The van der Waals surface area contributed by atoms with Crippen molar-refractivity contribution in [3.63, 3.8) is 0 Å². The van der Waals surface area contributed by atoms with Gasteiger partial charge in [-0.1, -0.05) is 48.5 Å². The number of methoxy groups -OCH3 is 1. The highest BCUT2D eigenvalue weighted by Crippen LogP contribution is 2.24. The van der Waals surface area contributed by atoms with E-state index in [1.807, 2.05) is 69.3 Å². The highest BCUT2D eigenvalue weighted by atomic mass is 16.6. The number of hydrogen-bond acceptors (Lipinski definition) is 7. The summed E-state index contributed by atoms with van der Waals surface area (Å²) in [7, 11) is 1.51. The molecule has 1 atom stereocenters. The van der Waals surface area contributed by atoms with Crippen molar-refractivity contribution < 1.29 is 23.9 Å². The Balaban J connectivity index is 1.58. The van der Waals surface area contributed by atoms with Crippen molar-refractivity contribution in [2.75, 3.05) is 45.3 Å². The molecule has 0 spiro atoms. The van der Waals surface area contributed by atoms with Gasteiger partial charge in [-0.25, -0.2) is 19.6 Å². The molecule has 1 fully saturated rings. The van der Waals surface area contributed by atoms with Crippen molar-refractivity contribution in [2.45, 2.75) is 33.7 Å². The predicted octanol–water partition coefficient (Wildman–Crippen LogP) is 4.25. The Bertz CT molecular complexity index is 1370. The minimum Gasteiger partial charge on any atom is -0.460 e. The van der Waals surface area contributed by atoms with Gasteiger partial charge in [-0.05, 0) is 38.8 Å². The number of rotatable bonds is 7. The van der Waals surface area contributed by atoms with Gasteiger partial charge in [-0.15, -0.1) is 0 Å². The Kier molecular flexibility index (Phi) is 9.11. The van der Waals surface area contributed by atoms with Gasteiger partial charge in [-0.2, -0.15) is 0 Å². The van der Waals surface area contributed by atoms with E-state index in [2.05, 4.69) is 15.3 Å². The number of carbonyl (C=O) groups is 3. The molecule has 1 N–H and O–H groups in total. The van der Waals surface area contributed by atoms with Gasteiger partial charge in [0.25, 0.3) is 5.91 Å². The van der Waals surface area contributed by atoms with Crippen molar-refractivity contribution in [3.05, 3.63) is 76.6 Å². The lowest BCUT2D eigenvalue weighted by Crippen LogP contribution is -2.56. The molecular weight excluding hydrogens is 510 g/mol. The topological polar surface area (TPSA) is 114 Å². The van der Waals surface area contributed by atoms with Crippen LogP contribution in [0.2, 0.25) is 0 Å². The Labute approximate surface area is 234 Å². The lowest BCUT2D eigenvalue weighted by molar-refractivity contribution is 0.0378. The fraction of sp³-hybridized carbons (Fsp3) is 0.367. The van der Waals surface area contributed by atoms with E-state index in [0.29, 0.717) is 18.1 Å². The zero-order valence-corrected chi connectivity index (χ0v) is 23.6. The van der Waals surface area contributed by atoms with Crippen molar-refractivity contribution in [1.82, 2.24) is 19.8 Å². The number of urea groups is 1. The first-order valence-corrected chi connectivity index (χ1v) is 13.2. The van der Waals surface area contributed by atoms with E-state index >= 15 is 0 Å². The van der Waals surface area contributed by atoms with Crippen LogP contribution in [-0.2, 0) is 9.47 Å². The monoisotopic (exact) mass is 545 g/mol. The molecule has 1 unspecified atom stereocenters. The summed E-state index contributed by atoms with van der Waals surface area (Å²) in [6.07, 6.45) is 0. The van der Waals surface area contributed by atoms with Gasteiger partial charge in [0.1, 0.15) is 17.9 Å². The average molecular weight is 546 g/mol. The van der Waals surface area contributed by atoms with Gasteiger partial charge in [-0.3, -0.25) is 4.79 Å². The number of anilines is 1. The standard InChI is InChI=1S/C30H35N5O5/c1-19-10-9-11-20(2)25(19)33-30(38)35-15-14-34(18-21(35)3)28(36)26-24(29(37)40-17-16-39-5)22(4)31-27(32-26)23-12-7-6-8-13-23/h6-13,21H,14-18H2,1-5H3,(H,33,38). The van der Waals surface area contributed by atoms with Crippen molar-refractivity contribution in [3.8, 4) is 11.4 Å². The maximum atomic E-state index is 13.9. The molecule has 0 radical (unpaired) electrons. The van der Waals surface area contributed by atoms with E-state index in [0.717, 1.165) is 22.4 Å². The lowest BCUT2D eigenvalue weighted by atomic mass is 10.1. The van der Waals surface area contributed by atoms with Crippen LogP contribution in [0.1, 0.15) is 44.6 Å². The molecular formula is C30H35N5O5. The first-order chi connectivity index (χ1) is 19.2. The van der Waals surface area contributed by atoms with Crippen LogP contribution in [0.3, 0.4) is 0 Å². The highest BCUT2D eigenvalue weighted by molar-refractivity contribution is 6.05. The summed E-state index contributed by atoms with van der Waals surface area (Å²) in [6.45, 7) is 8.61. The van der Waals surface area contributed by atoms with E-state index in [4.69, 9.17) is 9.47 Å². The summed E-state index contributed by atoms with van der Waals surface area (Å²) in [5, 5.41) is 3.03. The van der Waals surface area contributed by atoms with Crippen molar-refractivity contribution >= 4 is 23.6 Å².